The summed E-state index contributed by atoms with van der Waals surface area (Å²) in [6.07, 6.45) is 3.21. The average molecular weight is 212 g/mol. The third-order valence-corrected chi connectivity index (χ3v) is 2.63. The number of halogens is 1. The Balaban J connectivity index is 2.07. The van der Waals surface area contributed by atoms with Crippen LogP contribution in [0, 0.1) is 5.41 Å². The lowest BCUT2D eigenvalue weighted by atomic mass is 10.1. The zero-order valence-corrected chi connectivity index (χ0v) is 8.51. The molecule has 0 saturated heterocycles. The van der Waals surface area contributed by atoms with Crippen molar-refractivity contribution in [1.82, 2.24) is 9.97 Å². The molecule has 0 aliphatic heterocycles. The van der Waals surface area contributed by atoms with Crippen molar-refractivity contribution in [3.63, 3.8) is 0 Å². The van der Waals surface area contributed by atoms with Crippen LogP contribution in [0.4, 0.5) is 5.82 Å². The lowest BCUT2D eigenvalue weighted by Gasteiger charge is -2.08. The summed E-state index contributed by atoms with van der Waals surface area (Å²) in [5.41, 5.74) is -0.197. The van der Waals surface area contributed by atoms with Crippen LogP contribution in [-0.4, -0.2) is 15.9 Å². The van der Waals surface area contributed by atoms with E-state index in [2.05, 4.69) is 15.3 Å². The molecule has 5 heteroatoms. The minimum Gasteiger partial charge on any atom is -0.310 e. The lowest BCUT2D eigenvalue weighted by molar-refractivity contribution is -0.120. The van der Waals surface area contributed by atoms with Gasteiger partial charge in [0.25, 0.3) is 0 Å². The van der Waals surface area contributed by atoms with E-state index in [1.165, 1.54) is 12.4 Å². The molecule has 1 aliphatic carbocycles. The van der Waals surface area contributed by atoms with Gasteiger partial charge < -0.3 is 5.32 Å². The van der Waals surface area contributed by atoms with Gasteiger partial charge in [0.15, 0.2) is 0 Å². The second kappa shape index (κ2) is 3.20. The number of rotatable bonds is 2. The summed E-state index contributed by atoms with van der Waals surface area (Å²) >= 11 is 5.66. The molecule has 0 spiro atoms. The molecule has 0 aromatic carbocycles. The van der Waals surface area contributed by atoms with E-state index in [0.29, 0.717) is 11.0 Å². The normalized spacial score (nSPS) is 17.6. The Morgan fingerprint density at radius 3 is 2.86 bits per heavy atom. The van der Waals surface area contributed by atoms with E-state index in [9.17, 15) is 4.79 Å². The predicted molar refractivity (Wildman–Crippen MR) is 53.0 cm³/mol. The van der Waals surface area contributed by atoms with Gasteiger partial charge in [-0.2, -0.15) is 0 Å². The van der Waals surface area contributed by atoms with Crippen LogP contribution in [-0.2, 0) is 4.79 Å². The predicted octanol–water partition coefficient (Wildman–Crippen LogP) is 1.87. The number of carbonyl (C=O) groups excluding carboxylic acids is 1. The number of hydrogen-bond acceptors (Lipinski definition) is 3. The number of anilines is 1. The summed E-state index contributed by atoms with van der Waals surface area (Å²) in [7, 11) is 0. The Bertz CT molecular complexity index is 376. The van der Waals surface area contributed by atoms with Crippen molar-refractivity contribution in [2.75, 3.05) is 5.32 Å². The van der Waals surface area contributed by atoms with Gasteiger partial charge in [-0.05, 0) is 12.8 Å². The van der Waals surface area contributed by atoms with Crippen molar-refractivity contribution < 1.29 is 4.79 Å². The van der Waals surface area contributed by atoms with Crippen molar-refractivity contribution in [3.05, 3.63) is 17.5 Å². The number of amides is 1. The molecule has 2 rings (SSSR count). The fraction of sp³-hybridized carbons (Fsp3) is 0.444. The van der Waals surface area contributed by atoms with Crippen LogP contribution in [0.2, 0.25) is 5.15 Å². The highest BCUT2D eigenvalue weighted by Crippen LogP contribution is 2.45. The largest absolute Gasteiger partial charge is 0.310 e. The van der Waals surface area contributed by atoms with Gasteiger partial charge in [-0.1, -0.05) is 18.5 Å². The molecule has 0 bridgehead atoms. The van der Waals surface area contributed by atoms with E-state index in [1.807, 2.05) is 6.92 Å². The maximum Gasteiger partial charge on any atom is 0.231 e. The number of aromatic nitrogens is 2. The van der Waals surface area contributed by atoms with Crippen molar-refractivity contribution in [2.45, 2.75) is 19.8 Å². The maximum absolute atomic E-state index is 11.6. The van der Waals surface area contributed by atoms with Gasteiger partial charge in [0.2, 0.25) is 5.91 Å². The zero-order valence-electron chi connectivity index (χ0n) is 7.75. The van der Waals surface area contributed by atoms with Gasteiger partial charge in [-0.3, -0.25) is 4.79 Å². The average Bonchev–Trinajstić information content (AvgIpc) is 2.85. The minimum atomic E-state index is -0.197. The molecular weight excluding hydrogens is 202 g/mol. The molecular formula is C9H10ClN3O. The third-order valence-electron chi connectivity index (χ3n) is 2.42. The summed E-state index contributed by atoms with van der Waals surface area (Å²) in [6, 6.07) is 1.53. The van der Waals surface area contributed by atoms with Gasteiger partial charge >= 0.3 is 0 Å². The summed E-state index contributed by atoms with van der Waals surface area (Å²) < 4.78 is 0. The Hall–Kier alpha value is -1.16. The van der Waals surface area contributed by atoms with Crippen LogP contribution in [0.3, 0.4) is 0 Å². The highest BCUT2D eigenvalue weighted by atomic mass is 35.5. The molecule has 1 aromatic heterocycles. The van der Waals surface area contributed by atoms with Crippen LogP contribution in [0.15, 0.2) is 12.4 Å². The number of nitrogens with one attached hydrogen (secondary N) is 1. The number of nitrogens with zero attached hydrogens (tertiary/aromatic N) is 2. The minimum absolute atomic E-state index is 0.00673. The van der Waals surface area contributed by atoms with Gasteiger partial charge in [-0.25, -0.2) is 9.97 Å². The van der Waals surface area contributed by atoms with Crippen LogP contribution >= 0.6 is 11.6 Å². The molecule has 1 aliphatic rings. The molecule has 1 N–H and O–H groups in total. The lowest BCUT2D eigenvalue weighted by Crippen LogP contribution is -2.21. The van der Waals surface area contributed by atoms with E-state index in [0.717, 1.165) is 12.8 Å². The summed E-state index contributed by atoms with van der Waals surface area (Å²) in [4.78, 5) is 19.2. The second-order valence-corrected chi connectivity index (χ2v) is 4.13. The molecule has 4 nitrogen and oxygen atoms in total. The summed E-state index contributed by atoms with van der Waals surface area (Å²) in [5, 5.41) is 3.04. The van der Waals surface area contributed by atoms with E-state index in [1.54, 1.807) is 0 Å². The van der Waals surface area contributed by atoms with E-state index < -0.39 is 0 Å². The van der Waals surface area contributed by atoms with Crippen LogP contribution in [0.25, 0.3) is 0 Å². The molecule has 0 radical (unpaired) electrons. The Morgan fingerprint density at radius 1 is 1.57 bits per heavy atom. The number of carbonyl (C=O) groups is 1. The molecule has 1 fully saturated rings. The Labute approximate surface area is 86.7 Å². The monoisotopic (exact) mass is 211 g/mol. The highest BCUT2D eigenvalue weighted by Gasteiger charge is 2.44. The molecule has 1 heterocycles. The van der Waals surface area contributed by atoms with E-state index in [4.69, 9.17) is 11.6 Å². The first-order chi connectivity index (χ1) is 6.60. The van der Waals surface area contributed by atoms with Gasteiger partial charge in [-0.15, -0.1) is 0 Å². The zero-order chi connectivity index (χ0) is 10.2. The van der Waals surface area contributed by atoms with E-state index >= 15 is 0 Å². The molecule has 1 saturated carbocycles. The third kappa shape index (κ3) is 1.85. The van der Waals surface area contributed by atoms with Crippen molar-refractivity contribution in [2.24, 2.45) is 5.41 Å². The second-order valence-electron chi connectivity index (χ2n) is 3.74. The first-order valence-electron chi connectivity index (χ1n) is 4.39. The van der Waals surface area contributed by atoms with Gasteiger partial charge in [0.05, 0.1) is 0 Å². The SMILES string of the molecule is CC1(C(=O)Nc2cc(Cl)ncn2)CC1. The van der Waals surface area contributed by atoms with Crippen molar-refractivity contribution in [3.8, 4) is 0 Å². The van der Waals surface area contributed by atoms with Crippen LogP contribution in [0.5, 0.6) is 0 Å². The van der Waals surface area contributed by atoms with Crippen molar-refractivity contribution in [1.29, 1.82) is 0 Å². The standard InChI is InChI=1S/C9H10ClN3O/c1-9(2-3-9)8(14)13-7-4-6(10)11-5-12-7/h4-5H,2-3H2,1H3,(H,11,12,13,14). The molecule has 74 valence electrons. The smallest absolute Gasteiger partial charge is 0.231 e. The van der Waals surface area contributed by atoms with Gasteiger partial charge in [0.1, 0.15) is 17.3 Å². The fourth-order valence-electron chi connectivity index (χ4n) is 1.08. The first kappa shape index (κ1) is 9.40. The van der Waals surface area contributed by atoms with E-state index in [-0.39, 0.29) is 11.3 Å². The molecule has 0 atom stereocenters. The maximum atomic E-state index is 11.6. The molecule has 0 unspecified atom stereocenters. The van der Waals surface area contributed by atoms with Crippen LogP contribution < -0.4 is 5.32 Å². The highest BCUT2D eigenvalue weighted by molar-refractivity contribution is 6.29. The quantitative estimate of drug-likeness (QED) is 0.760. The summed E-state index contributed by atoms with van der Waals surface area (Å²) in [6.45, 7) is 1.94. The first-order valence-corrected chi connectivity index (χ1v) is 4.77. The molecule has 14 heavy (non-hydrogen) atoms. The fourth-order valence-corrected chi connectivity index (χ4v) is 1.23. The summed E-state index contributed by atoms with van der Waals surface area (Å²) in [5.74, 6) is 0.468. The molecule has 1 aromatic rings. The number of hydrogen-bond donors (Lipinski definition) is 1. The topological polar surface area (TPSA) is 54.9 Å². The van der Waals surface area contributed by atoms with Crippen molar-refractivity contribution >= 4 is 23.3 Å². The Morgan fingerprint density at radius 2 is 2.29 bits per heavy atom. The van der Waals surface area contributed by atoms with Gasteiger partial charge in [0, 0.05) is 11.5 Å². The Kier molecular flexibility index (Phi) is 2.15. The van der Waals surface area contributed by atoms with Crippen LogP contribution in [0.1, 0.15) is 19.8 Å². The molecule has 1 amide bonds.